The van der Waals surface area contributed by atoms with Crippen molar-refractivity contribution in [3.05, 3.63) is 17.8 Å². The molecule has 0 unspecified atom stereocenters. The molecule has 3 N–H and O–H groups in total. The van der Waals surface area contributed by atoms with Gasteiger partial charge in [-0.2, -0.15) is 18.3 Å². The molecule has 10 heteroatoms. The van der Waals surface area contributed by atoms with Crippen molar-refractivity contribution in [1.82, 2.24) is 20.4 Å². The molecule has 2 rings (SSSR count). The summed E-state index contributed by atoms with van der Waals surface area (Å²) in [6.45, 7) is -0.687. The molecular formula is C11H14F3N5O2. The Morgan fingerprint density at radius 3 is 3.00 bits per heavy atom. The van der Waals surface area contributed by atoms with Gasteiger partial charge in [-0.25, -0.2) is 4.79 Å². The second-order valence-electron chi connectivity index (χ2n) is 4.50. The first kappa shape index (κ1) is 13.9. The van der Waals surface area contributed by atoms with Crippen LogP contribution in [0.3, 0.4) is 0 Å². The third-order valence-corrected chi connectivity index (χ3v) is 3.04. The maximum atomic E-state index is 12.8. The third kappa shape index (κ3) is 3.32. The van der Waals surface area contributed by atoms with Gasteiger partial charge in [0.1, 0.15) is 11.9 Å². The van der Waals surface area contributed by atoms with Gasteiger partial charge in [0.25, 0.3) is 0 Å². The van der Waals surface area contributed by atoms with Crippen molar-refractivity contribution in [1.29, 1.82) is 0 Å². The zero-order chi connectivity index (χ0) is 16.5. The highest BCUT2D eigenvalue weighted by Crippen LogP contribution is 2.30. The van der Waals surface area contributed by atoms with Crippen molar-refractivity contribution in [3.8, 4) is 0 Å². The van der Waals surface area contributed by atoms with E-state index in [-0.39, 0.29) is 24.2 Å². The number of anilines is 1. The number of nitrogen functional groups attached to an aromatic ring is 1. The van der Waals surface area contributed by atoms with Gasteiger partial charge in [0, 0.05) is 12.7 Å². The number of carbonyl (C=O) groups is 1. The van der Waals surface area contributed by atoms with Crippen molar-refractivity contribution in [2.24, 2.45) is 0 Å². The number of amides is 2. The molecule has 1 saturated heterocycles. The largest absolute Gasteiger partial charge is 0.410 e. The summed E-state index contributed by atoms with van der Waals surface area (Å²) in [6.07, 6.45) is -4.83. The van der Waals surface area contributed by atoms with Crippen LogP contribution in [0.2, 0.25) is 0 Å². The number of nitrogens with zero attached hydrogens (tertiary/aromatic N) is 3. The Labute approximate surface area is 119 Å². The average Bonchev–Trinajstić information content (AvgIpc) is 2.81. The second kappa shape index (κ2) is 5.72. The van der Waals surface area contributed by atoms with Gasteiger partial charge in [-0.15, -0.1) is 5.10 Å². The molecule has 1 aromatic rings. The van der Waals surface area contributed by atoms with Crippen LogP contribution in [-0.2, 0) is 4.74 Å². The van der Waals surface area contributed by atoms with Gasteiger partial charge in [0.05, 0.1) is 26.7 Å². The Kier molecular flexibility index (Phi) is 3.78. The highest BCUT2D eigenvalue weighted by Gasteiger charge is 2.48. The molecule has 1 fully saturated rings. The standard InChI is InChI=1S/C11H14F3N5O2/c1-21-5-7(6-2-9(15)18-16-3-6)19-4-8(11(12,13)14)17-10(19)20/h2-3,7-8H,4-5H2,1H3,(H2,15,18)(H,17,20)/t7-,8+/m1/s1/i3D. The van der Waals surface area contributed by atoms with Gasteiger partial charge in [0.2, 0.25) is 0 Å². The molecule has 0 aliphatic carbocycles. The average molecular weight is 306 g/mol. The lowest BCUT2D eigenvalue weighted by atomic mass is 10.1. The molecule has 2 amide bonds. The van der Waals surface area contributed by atoms with E-state index in [1.165, 1.54) is 13.2 Å². The predicted molar refractivity (Wildman–Crippen MR) is 66.1 cm³/mol. The highest BCUT2D eigenvalue weighted by atomic mass is 19.4. The molecule has 1 aromatic heterocycles. The number of halogens is 3. The van der Waals surface area contributed by atoms with E-state index < -0.39 is 30.8 Å². The van der Waals surface area contributed by atoms with Gasteiger partial charge in [-0.05, 0) is 6.07 Å². The number of carbonyl (C=O) groups excluding carboxylic acids is 1. The van der Waals surface area contributed by atoms with Crippen LogP contribution in [0.25, 0.3) is 0 Å². The highest BCUT2D eigenvalue weighted by molar-refractivity contribution is 5.77. The van der Waals surface area contributed by atoms with E-state index in [0.29, 0.717) is 0 Å². The van der Waals surface area contributed by atoms with E-state index in [1.807, 2.05) is 5.32 Å². The Morgan fingerprint density at radius 2 is 2.43 bits per heavy atom. The summed E-state index contributed by atoms with van der Waals surface area (Å²) in [5.74, 6) is -0.000852. The number of nitrogens with two attached hydrogens (primary N) is 1. The van der Waals surface area contributed by atoms with Gasteiger partial charge >= 0.3 is 12.2 Å². The summed E-state index contributed by atoms with van der Waals surface area (Å²) >= 11 is 0. The molecule has 2 atom stereocenters. The van der Waals surface area contributed by atoms with Crippen LogP contribution in [0.5, 0.6) is 0 Å². The molecule has 21 heavy (non-hydrogen) atoms. The maximum absolute atomic E-state index is 12.8. The molecule has 0 bridgehead atoms. The Bertz CT molecular complexity index is 571. The summed E-state index contributed by atoms with van der Waals surface area (Å²) in [7, 11) is 1.34. The predicted octanol–water partition coefficient (Wildman–Crippen LogP) is 0.702. The fraction of sp³-hybridized carbons (Fsp3) is 0.545. The monoisotopic (exact) mass is 306 g/mol. The number of hydrogen-bond donors (Lipinski definition) is 2. The first-order valence-electron chi connectivity index (χ1n) is 6.46. The van der Waals surface area contributed by atoms with Crippen LogP contribution in [0.15, 0.2) is 12.2 Å². The first-order chi connectivity index (χ1) is 10.2. The lowest BCUT2D eigenvalue weighted by Crippen LogP contribution is -2.40. The second-order valence-corrected chi connectivity index (χ2v) is 4.50. The molecule has 2 heterocycles. The van der Waals surface area contributed by atoms with Gasteiger partial charge in [-0.3, -0.25) is 0 Å². The lowest BCUT2D eigenvalue weighted by Gasteiger charge is -2.26. The van der Waals surface area contributed by atoms with Gasteiger partial charge in [0.15, 0.2) is 0 Å². The summed E-state index contributed by atoms with van der Waals surface area (Å²) in [5, 5.41) is 8.85. The zero-order valence-corrected chi connectivity index (χ0v) is 11.0. The van der Waals surface area contributed by atoms with Crippen LogP contribution >= 0.6 is 0 Å². The fourth-order valence-corrected chi connectivity index (χ4v) is 2.05. The zero-order valence-electron chi connectivity index (χ0n) is 12.0. The Balaban J connectivity index is 2.32. The fourth-order valence-electron chi connectivity index (χ4n) is 2.05. The molecular weight excluding hydrogens is 291 g/mol. The van der Waals surface area contributed by atoms with Crippen molar-refractivity contribution >= 4 is 11.8 Å². The number of hydrogen-bond acceptors (Lipinski definition) is 5. The summed E-state index contributed by atoms with van der Waals surface area (Å²) in [5.41, 5.74) is 5.67. The quantitative estimate of drug-likeness (QED) is 0.854. The van der Waals surface area contributed by atoms with E-state index in [2.05, 4.69) is 10.2 Å². The van der Waals surface area contributed by atoms with Crippen molar-refractivity contribution < 1.29 is 24.1 Å². The molecule has 116 valence electrons. The smallest absolute Gasteiger partial charge is 0.382 e. The van der Waals surface area contributed by atoms with Crippen molar-refractivity contribution in [3.63, 3.8) is 0 Å². The molecule has 1 aliphatic heterocycles. The summed E-state index contributed by atoms with van der Waals surface area (Å²) in [6, 6.07) is -2.48. The Hall–Kier alpha value is -2.10. The van der Waals surface area contributed by atoms with Crippen molar-refractivity contribution in [2.75, 3.05) is 26.0 Å². The number of ether oxygens (including phenoxy) is 1. The molecule has 0 radical (unpaired) electrons. The minimum absolute atomic E-state index is 0.000852. The number of alkyl halides is 3. The number of aromatic nitrogens is 2. The minimum atomic E-state index is -4.55. The van der Waals surface area contributed by atoms with Gasteiger partial charge in [-0.1, -0.05) is 0 Å². The van der Waals surface area contributed by atoms with Crippen LogP contribution in [0, 0.1) is 0 Å². The van der Waals surface area contributed by atoms with E-state index >= 15 is 0 Å². The molecule has 7 nitrogen and oxygen atoms in total. The molecule has 0 aromatic carbocycles. The minimum Gasteiger partial charge on any atom is -0.382 e. The van der Waals surface area contributed by atoms with Crippen LogP contribution < -0.4 is 11.1 Å². The Morgan fingerprint density at radius 1 is 1.71 bits per heavy atom. The van der Waals surface area contributed by atoms with Crippen LogP contribution in [-0.4, -0.2) is 53.6 Å². The van der Waals surface area contributed by atoms with E-state index in [4.69, 9.17) is 11.8 Å². The maximum Gasteiger partial charge on any atom is 0.410 e. The third-order valence-electron chi connectivity index (χ3n) is 3.04. The topological polar surface area (TPSA) is 93.4 Å². The summed E-state index contributed by atoms with van der Waals surface area (Å²) in [4.78, 5) is 12.8. The van der Waals surface area contributed by atoms with E-state index in [9.17, 15) is 18.0 Å². The van der Waals surface area contributed by atoms with Crippen LogP contribution in [0.1, 0.15) is 13.0 Å². The van der Waals surface area contributed by atoms with Crippen LogP contribution in [0.4, 0.5) is 23.8 Å². The number of methoxy groups -OCH3 is 1. The van der Waals surface area contributed by atoms with Gasteiger partial charge < -0.3 is 20.7 Å². The summed E-state index contributed by atoms with van der Waals surface area (Å²) < 4.78 is 50.9. The van der Waals surface area contributed by atoms with Crippen molar-refractivity contribution in [2.45, 2.75) is 18.3 Å². The lowest BCUT2D eigenvalue weighted by molar-refractivity contribution is -0.150. The van der Waals surface area contributed by atoms with E-state index in [1.54, 1.807) is 0 Å². The SMILES string of the molecule is [2H]c1nnc(N)cc1[C@@H](COC)N1C[C@@H](C(F)(F)F)NC1=O. The number of nitrogens with one attached hydrogen (secondary N) is 1. The van der Waals surface area contributed by atoms with E-state index in [0.717, 1.165) is 4.90 Å². The normalized spacial score (nSPS) is 21.1. The number of rotatable bonds is 4. The molecule has 0 saturated carbocycles. The molecule has 0 spiro atoms. The number of urea groups is 1. The molecule has 1 aliphatic rings. The first-order valence-corrected chi connectivity index (χ1v) is 5.96.